The van der Waals surface area contributed by atoms with Gasteiger partial charge in [-0.2, -0.15) is 0 Å². The minimum atomic E-state index is -3.73. The molecule has 1 fully saturated rings. The molecule has 10 heteroatoms. The lowest BCUT2D eigenvalue weighted by atomic mass is 9.80. The molecule has 1 saturated heterocycles. The van der Waals surface area contributed by atoms with Gasteiger partial charge in [-0.05, 0) is 19.8 Å². The topological polar surface area (TPSA) is 126 Å². The van der Waals surface area contributed by atoms with E-state index in [0.29, 0.717) is 26.1 Å². The fourth-order valence-electron chi connectivity index (χ4n) is 2.60. The molecular formula is C15H22N2O7S. The molecule has 0 atom stereocenters. The van der Waals surface area contributed by atoms with Crippen LogP contribution < -0.4 is 5.32 Å². The molecule has 140 valence electrons. The summed E-state index contributed by atoms with van der Waals surface area (Å²) in [6, 6.07) is 1.15. The summed E-state index contributed by atoms with van der Waals surface area (Å²) in [4.78, 5) is 23.8. The maximum absolute atomic E-state index is 12.3. The first-order valence-corrected chi connectivity index (χ1v) is 9.16. The van der Waals surface area contributed by atoms with Crippen molar-refractivity contribution in [2.75, 3.05) is 33.9 Å². The third-order valence-corrected chi connectivity index (χ3v) is 6.27. The van der Waals surface area contributed by atoms with Crippen molar-refractivity contribution in [3.8, 4) is 0 Å². The van der Waals surface area contributed by atoms with E-state index in [2.05, 4.69) is 5.32 Å². The summed E-state index contributed by atoms with van der Waals surface area (Å²) >= 11 is 0. The van der Waals surface area contributed by atoms with Gasteiger partial charge in [0.1, 0.15) is 10.7 Å². The monoisotopic (exact) mass is 374 g/mol. The molecule has 0 bridgehead atoms. The minimum absolute atomic E-state index is 0.0833. The van der Waals surface area contributed by atoms with Gasteiger partial charge in [0.2, 0.25) is 10.0 Å². The Bertz CT molecular complexity index is 761. The lowest BCUT2D eigenvalue weighted by Crippen LogP contribution is -2.46. The quantitative estimate of drug-likeness (QED) is 0.740. The SMILES string of the molecule is Cc1oc(C(=O)NCC2(C(=O)O)CCOCC2)cc1S(=O)(=O)N(C)C. The number of nitrogens with zero attached hydrogens (tertiary/aromatic N) is 1. The maximum atomic E-state index is 12.3. The number of sulfonamides is 1. The second-order valence-corrected chi connectivity index (χ2v) is 8.32. The molecule has 2 rings (SSSR count). The number of hydrogen-bond donors (Lipinski definition) is 2. The molecule has 9 nitrogen and oxygen atoms in total. The summed E-state index contributed by atoms with van der Waals surface area (Å²) in [5, 5.41) is 12.0. The first-order chi connectivity index (χ1) is 11.6. The Morgan fingerprint density at radius 2 is 1.92 bits per heavy atom. The van der Waals surface area contributed by atoms with Crippen LogP contribution in [-0.2, 0) is 19.6 Å². The lowest BCUT2D eigenvalue weighted by Gasteiger charge is -2.32. The van der Waals surface area contributed by atoms with Crippen molar-refractivity contribution in [3.05, 3.63) is 17.6 Å². The number of rotatable bonds is 6. The summed E-state index contributed by atoms with van der Waals surface area (Å²) in [7, 11) is -0.976. The van der Waals surface area contributed by atoms with Gasteiger partial charge < -0.3 is 19.6 Å². The Morgan fingerprint density at radius 1 is 1.32 bits per heavy atom. The smallest absolute Gasteiger partial charge is 0.311 e. The fourth-order valence-corrected chi connectivity index (χ4v) is 3.65. The fraction of sp³-hybridized carbons (Fsp3) is 0.600. The van der Waals surface area contributed by atoms with E-state index >= 15 is 0 Å². The van der Waals surface area contributed by atoms with Gasteiger partial charge in [0.15, 0.2) is 5.76 Å². The average Bonchev–Trinajstić information content (AvgIpc) is 2.96. The normalized spacial score (nSPS) is 17.4. The second-order valence-electron chi connectivity index (χ2n) is 6.20. The zero-order valence-electron chi connectivity index (χ0n) is 14.4. The molecule has 2 heterocycles. The third-order valence-electron chi connectivity index (χ3n) is 4.35. The van der Waals surface area contributed by atoms with Crippen molar-refractivity contribution in [3.63, 3.8) is 0 Å². The van der Waals surface area contributed by atoms with E-state index in [9.17, 15) is 23.1 Å². The summed E-state index contributed by atoms with van der Waals surface area (Å²) in [5.41, 5.74) is -1.09. The van der Waals surface area contributed by atoms with Crippen LogP contribution in [0.2, 0.25) is 0 Å². The minimum Gasteiger partial charge on any atom is -0.481 e. The largest absolute Gasteiger partial charge is 0.481 e. The van der Waals surface area contributed by atoms with Gasteiger partial charge in [-0.1, -0.05) is 0 Å². The number of aryl methyl sites for hydroxylation is 1. The van der Waals surface area contributed by atoms with E-state index in [4.69, 9.17) is 9.15 Å². The Kier molecular flexibility index (Phi) is 5.55. The highest BCUT2D eigenvalue weighted by atomic mass is 32.2. The highest BCUT2D eigenvalue weighted by Crippen LogP contribution is 2.30. The predicted molar refractivity (Wildman–Crippen MR) is 86.8 cm³/mol. The van der Waals surface area contributed by atoms with Crippen molar-refractivity contribution >= 4 is 21.9 Å². The van der Waals surface area contributed by atoms with E-state index in [1.165, 1.54) is 21.0 Å². The Balaban J connectivity index is 2.15. The van der Waals surface area contributed by atoms with Crippen LogP contribution in [0.4, 0.5) is 0 Å². The molecule has 25 heavy (non-hydrogen) atoms. The number of carbonyl (C=O) groups is 2. The number of hydrogen-bond acceptors (Lipinski definition) is 6. The van der Waals surface area contributed by atoms with E-state index in [-0.39, 0.29) is 23.0 Å². The molecule has 1 amide bonds. The molecule has 0 aliphatic carbocycles. The number of ether oxygens (including phenoxy) is 1. The van der Waals surface area contributed by atoms with Gasteiger partial charge in [0.05, 0.1) is 5.41 Å². The molecule has 2 N–H and O–H groups in total. The summed E-state index contributed by atoms with van der Waals surface area (Å²) in [5.74, 6) is -1.73. The maximum Gasteiger partial charge on any atom is 0.311 e. The molecule has 0 aromatic carbocycles. The zero-order chi connectivity index (χ0) is 18.8. The number of carbonyl (C=O) groups excluding carboxylic acids is 1. The Labute approximate surface area is 146 Å². The third kappa shape index (κ3) is 3.86. The van der Waals surface area contributed by atoms with E-state index < -0.39 is 27.3 Å². The van der Waals surface area contributed by atoms with E-state index in [1.54, 1.807) is 0 Å². The predicted octanol–water partition coefficient (Wildman–Crippen LogP) is 0.450. The van der Waals surface area contributed by atoms with Crippen molar-refractivity contribution in [2.45, 2.75) is 24.7 Å². The van der Waals surface area contributed by atoms with Crippen molar-refractivity contribution in [1.29, 1.82) is 0 Å². The number of carboxylic acid groups (broad SMARTS) is 1. The van der Waals surface area contributed by atoms with Crippen molar-refractivity contribution < 1.29 is 32.3 Å². The van der Waals surface area contributed by atoms with Crippen LogP contribution in [0.15, 0.2) is 15.4 Å². The van der Waals surface area contributed by atoms with Crippen molar-refractivity contribution in [1.82, 2.24) is 9.62 Å². The Hall–Kier alpha value is -1.91. The zero-order valence-corrected chi connectivity index (χ0v) is 15.2. The van der Waals surface area contributed by atoms with Gasteiger partial charge in [0, 0.05) is 39.9 Å². The average molecular weight is 374 g/mol. The van der Waals surface area contributed by atoms with Crippen LogP contribution in [0.5, 0.6) is 0 Å². The molecule has 1 aromatic rings. The van der Waals surface area contributed by atoms with E-state index in [0.717, 1.165) is 10.4 Å². The van der Waals surface area contributed by atoms with Gasteiger partial charge >= 0.3 is 5.97 Å². The van der Waals surface area contributed by atoms with Crippen LogP contribution in [0.25, 0.3) is 0 Å². The molecule has 0 radical (unpaired) electrons. The van der Waals surface area contributed by atoms with Gasteiger partial charge in [-0.3, -0.25) is 9.59 Å². The molecule has 0 unspecified atom stereocenters. The van der Waals surface area contributed by atoms with Crippen molar-refractivity contribution in [2.24, 2.45) is 5.41 Å². The molecule has 0 spiro atoms. The lowest BCUT2D eigenvalue weighted by molar-refractivity contribution is -0.154. The van der Waals surface area contributed by atoms with Crippen LogP contribution in [0, 0.1) is 12.3 Å². The van der Waals surface area contributed by atoms with Gasteiger partial charge in [-0.25, -0.2) is 12.7 Å². The number of nitrogens with one attached hydrogen (secondary N) is 1. The molecule has 1 aromatic heterocycles. The molecule has 1 aliphatic heterocycles. The summed E-state index contributed by atoms with van der Waals surface area (Å²) < 4.78 is 35.8. The van der Waals surface area contributed by atoms with Gasteiger partial charge in [-0.15, -0.1) is 0 Å². The second kappa shape index (κ2) is 7.14. The van der Waals surface area contributed by atoms with E-state index in [1.807, 2.05) is 0 Å². The first kappa shape index (κ1) is 19.4. The van der Waals surface area contributed by atoms with Gasteiger partial charge in [0.25, 0.3) is 5.91 Å². The standard InChI is InChI=1S/C15H22N2O7S/c1-10-12(25(21,22)17(2)3)8-11(24-10)13(18)16-9-15(14(19)20)4-6-23-7-5-15/h8H,4-7,9H2,1-3H3,(H,16,18)(H,19,20). The van der Waals surface area contributed by atoms with Crippen LogP contribution in [0.3, 0.4) is 0 Å². The first-order valence-electron chi connectivity index (χ1n) is 7.72. The summed E-state index contributed by atoms with van der Waals surface area (Å²) in [6.07, 6.45) is 0.583. The Morgan fingerprint density at radius 3 is 2.44 bits per heavy atom. The van der Waals surface area contributed by atoms with Crippen LogP contribution in [0.1, 0.15) is 29.2 Å². The molecule has 0 saturated carbocycles. The number of aliphatic carboxylic acids is 1. The number of amides is 1. The number of carboxylic acids is 1. The molecule has 1 aliphatic rings. The number of furan rings is 1. The molecular weight excluding hydrogens is 352 g/mol. The summed E-state index contributed by atoms with van der Waals surface area (Å²) in [6.45, 7) is 1.99. The van der Waals surface area contributed by atoms with Crippen LogP contribution >= 0.6 is 0 Å². The highest BCUT2D eigenvalue weighted by Gasteiger charge is 2.40. The van der Waals surface area contributed by atoms with Crippen LogP contribution in [-0.4, -0.2) is 63.6 Å². The highest BCUT2D eigenvalue weighted by molar-refractivity contribution is 7.89.